The average molecular weight is 609 g/mol. The van der Waals surface area contributed by atoms with Crippen LogP contribution in [0.25, 0.3) is 5.57 Å². The van der Waals surface area contributed by atoms with Crippen molar-refractivity contribution in [1.29, 1.82) is 0 Å². The first-order valence-electron chi connectivity index (χ1n) is 14.8. The van der Waals surface area contributed by atoms with Crippen LogP contribution in [0.15, 0.2) is 66.2 Å². The van der Waals surface area contributed by atoms with Gasteiger partial charge in [0.2, 0.25) is 0 Å². The summed E-state index contributed by atoms with van der Waals surface area (Å²) in [6.45, 7) is 12.0. The van der Waals surface area contributed by atoms with E-state index >= 15 is 0 Å². The molecule has 2 aliphatic heterocycles. The topological polar surface area (TPSA) is 134 Å². The van der Waals surface area contributed by atoms with E-state index in [-0.39, 0.29) is 24.6 Å². The maximum absolute atomic E-state index is 12.1. The normalized spacial score (nSPS) is 19.0. The molecule has 1 saturated heterocycles. The van der Waals surface area contributed by atoms with Crippen LogP contribution in [0, 0.1) is 5.92 Å². The molecule has 2 aromatic rings. The molecular formula is C34H44N2O8. The average Bonchev–Trinajstić information content (AvgIpc) is 2.96. The first-order valence-corrected chi connectivity index (χ1v) is 14.8. The number of nitrogens with zero attached hydrogens (tertiary/aromatic N) is 2. The maximum Gasteiger partial charge on any atom is 0.410 e. The molecule has 0 bridgehead atoms. The smallest absolute Gasteiger partial charge is 0.410 e. The van der Waals surface area contributed by atoms with Crippen LogP contribution in [-0.2, 0) is 19.1 Å². The van der Waals surface area contributed by atoms with Crippen LogP contribution in [0.5, 0.6) is 0 Å². The van der Waals surface area contributed by atoms with E-state index in [4.69, 9.17) is 9.47 Å². The predicted octanol–water partition coefficient (Wildman–Crippen LogP) is 6.28. The lowest BCUT2D eigenvalue weighted by Crippen LogP contribution is -2.47. The molecule has 2 heterocycles. The van der Waals surface area contributed by atoms with Crippen LogP contribution in [0.1, 0.15) is 71.4 Å². The highest BCUT2D eigenvalue weighted by atomic mass is 16.6. The van der Waals surface area contributed by atoms with Crippen molar-refractivity contribution < 1.29 is 38.9 Å². The van der Waals surface area contributed by atoms with Crippen molar-refractivity contribution in [1.82, 2.24) is 9.80 Å². The summed E-state index contributed by atoms with van der Waals surface area (Å²) in [5, 5.41) is 19.0. The highest BCUT2D eigenvalue weighted by Crippen LogP contribution is 2.34. The zero-order valence-electron chi connectivity index (χ0n) is 26.4. The van der Waals surface area contributed by atoms with Gasteiger partial charge >= 0.3 is 24.1 Å². The number of carboxylic acid groups (broad SMARTS) is 2. The van der Waals surface area contributed by atoms with Gasteiger partial charge in [0.25, 0.3) is 0 Å². The molecule has 2 N–H and O–H groups in total. The number of carbonyl (C=O) groups excluding carboxylic acids is 2. The van der Waals surface area contributed by atoms with Gasteiger partial charge in [-0.2, -0.15) is 0 Å². The minimum Gasteiger partial charge on any atom is -0.481 e. The molecule has 238 valence electrons. The van der Waals surface area contributed by atoms with Crippen LogP contribution in [-0.4, -0.2) is 81.5 Å². The number of amides is 2. The fraction of sp³-hybridized carbons (Fsp3) is 0.471. The molecule has 2 aromatic carbocycles. The van der Waals surface area contributed by atoms with Crippen LogP contribution >= 0.6 is 0 Å². The Morgan fingerprint density at radius 1 is 0.750 bits per heavy atom. The molecule has 10 nitrogen and oxygen atoms in total. The number of rotatable bonds is 4. The van der Waals surface area contributed by atoms with Gasteiger partial charge in [0, 0.05) is 25.6 Å². The first kappa shape index (κ1) is 34.2. The van der Waals surface area contributed by atoms with Gasteiger partial charge in [-0.05, 0) is 71.1 Å². The van der Waals surface area contributed by atoms with Crippen molar-refractivity contribution in [2.45, 2.75) is 71.5 Å². The number of benzene rings is 2. The van der Waals surface area contributed by atoms with E-state index < -0.39 is 41.2 Å². The Kier molecular flexibility index (Phi) is 11.2. The molecule has 2 amide bonds. The third-order valence-corrected chi connectivity index (χ3v) is 7.19. The van der Waals surface area contributed by atoms with E-state index in [0.29, 0.717) is 25.9 Å². The van der Waals surface area contributed by atoms with Crippen molar-refractivity contribution in [3.63, 3.8) is 0 Å². The van der Waals surface area contributed by atoms with Crippen molar-refractivity contribution in [2.75, 3.05) is 26.2 Å². The second-order valence-electron chi connectivity index (χ2n) is 13.0. The van der Waals surface area contributed by atoms with Crippen molar-refractivity contribution in [3.8, 4) is 0 Å². The predicted molar refractivity (Wildman–Crippen MR) is 166 cm³/mol. The van der Waals surface area contributed by atoms with Crippen LogP contribution in [0.4, 0.5) is 9.59 Å². The second kappa shape index (κ2) is 14.4. The lowest BCUT2D eigenvalue weighted by molar-refractivity contribution is -0.144. The molecule has 0 unspecified atom stereocenters. The van der Waals surface area contributed by atoms with E-state index in [9.17, 15) is 29.4 Å². The highest BCUT2D eigenvalue weighted by Gasteiger charge is 2.38. The lowest BCUT2D eigenvalue weighted by Gasteiger charge is -2.37. The molecule has 10 heteroatoms. The Balaban J connectivity index is 0.000000240. The van der Waals surface area contributed by atoms with E-state index in [2.05, 4.69) is 0 Å². The summed E-state index contributed by atoms with van der Waals surface area (Å²) in [7, 11) is 0. The van der Waals surface area contributed by atoms with Crippen LogP contribution in [0.3, 0.4) is 0 Å². The number of aliphatic carboxylic acids is 2. The summed E-state index contributed by atoms with van der Waals surface area (Å²) in [6.07, 6.45) is 0.217. The zero-order chi connectivity index (χ0) is 32.7. The zero-order valence-corrected chi connectivity index (χ0v) is 26.4. The SMILES string of the molecule is CC(C)(C)OC(=O)N1CCC(c2ccccc2)=C(C(=O)O)C1.CC(C)(C)OC(=O)N1CC[C@@H](c2ccccc2)[C@@H](C(=O)O)C1. The number of likely N-dealkylation sites (tertiary alicyclic amines) is 1. The van der Waals surface area contributed by atoms with Gasteiger partial charge in [0.05, 0.1) is 18.0 Å². The van der Waals surface area contributed by atoms with Gasteiger partial charge in [0.15, 0.2) is 0 Å². The Morgan fingerprint density at radius 3 is 1.77 bits per heavy atom. The summed E-state index contributed by atoms with van der Waals surface area (Å²) in [6, 6.07) is 19.1. The number of hydrogen-bond donors (Lipinski definition) is 2. The fourth-order valence-corrected chi connectivity index (χ4v) is 5.19. The molecule has 0 aromatic heterocycles. The van der Waals surface area contributed by atoms with Crippen LogP contribution in [0.2, 0.25) is 0 Å². The monoisotopic (exact) mass is 608 g/mol. The maximum atomic E-state index is 12.1. The summed E-state index contributed by atoms with van der Waals surface area (Å²) in [5.41, 5.74) is 1.77. The Labute approximate surface area is 259 Å². The molecule has 2 aliphatic rings. The van der Waals surface area contributed by atoms with Gasteiger partial charge in [-0.1, -0.05) is 60.7 Å². The Bertz CT molecular complexity index is 1340. The molecule has 0 aliphatic carbocycles. The van der Waals surface area contributed by atoms with Gasteiger partial charge in [-0.25, -0.2) is 14.4 Å². The van der Waals surface area contributed by atoms with Gasteiger partial charge in [0.1, 0.15) is 11.2 Å². The first-order chi connectivity index (χ1) is 20.6. The summed E-state index contributed by atoms with van der Waals surface area (Å²) >= 11 is 0. The fourth-order valence-electron chi connectivity index (χ4n) is 5.19. The second-order valence-corrected chi connectivity index (χ2v) is 13.0. The number of carbonyl (C=O) groups is 4. The number of ether oxygens (including phenoxy) is 2. The molecule has 1 fully saturated rings. The molecule has 0 saturated carbocycles. The Morgan fingerprint density at radius 2 is 1.27 bits per heavy atom. The minimum atomic E-state index is -0.993. The van der Waals surface area contributed by atoms with Gasteiger partial charge in [-0.15, -0.1) is 0 Å². The van der Waals surface area contributed by atoms with Gasteiger partial charge in [-0.3, -0.25) is 4.79 Å². The summed E-state index contributed by atoms with van der Waals surface area (Å²) < 4.78 is 10.7. The standard InChI is InChI=1S/C17H23NO4.C17H21NO4/c2*1-17(2,3)22-16(21)18-10-9-13(14(11-18)15(19)20)12-7-5-4-6-8-12/h4-8,13-14H,9-11H2,1-3H3,(H,19,20);4-8H,9-11H2,1-3H3,(H,19,20)/t13-,14-;/m0./s1. The lowest BCUT2D eigenvalue weighted by atomic mass is 9.80. The molecule has 2 atom stereocenters. The van der Waals surface area contributed by atoms with Gasteiger partial charge < -0.3 is 29.5 Å². The number of carboxylic acids is 2. The summed E-state index contributed by atoms with van der Waals surface area (Å²) in [5.74, 6) is -2.55. The van der Waals surface area contributed by atoms with Crippen LogP contribution < -0.4 is 0 Å². The third kappa shape index (κ3) is 9.86. The molecule has 44 heavy (non-hydrogen) atoms. The minimum absolute atomic E-state index is 0.0640. The number of piperidine rings is 1. The largest absolute Gasteiger partial charge is 0.481 e. The quantitative estimate of drug-likeness (QED) is 0.415. The number of hydrogen-bond acceptors (Lipinski definition) is 6. The van der Waals surface area contributed by atoms with E-state index in [0.717, 1.165) is 16.7 Å². The molecule has 0 spiro atoms. The van der Waals surface area contributed by atoms with E-state index in [1.165, 1.54) is 9.80 Å². The van der Waals surface area contributed by atoms with Crippen molar-refractivity contribution in [2.24, 2.45) is 5.92 Å². The van der Waals surface area contributed by atoms with E-state index in [1.54, 1.807) is 41.5 Å². The van der Waals surface area contributed by atoms with E-state index in [1.807, 2.05) is 60.7 Å². The highest BCUT2D eigenvalue weighted by molar-refractivity contribution is 5.98. The Hall–Kier alpha value is -4.34. The molecule has 4 rings (SSSR count). The molecule has 0 radical (unpaired) electrons. The summed E-state index contributed by atoms with van der Waals surface area (Å²) in [4.78, 5) is 50.4. The van der Waals surface area contributed by atoms with Crippen molar-refractivity contribution >= 4 is 29.7 Å². The molecular weight excluding hydrogens is 564 g/mol. The van der Waals surface area contributed by atoms with Crippen molar-refractivity contribution in [3.05, 3.63) is 77.4 Å². The third-order valence-electron chi connectivity index (χ3n) is 7.19.